The highest BCUT2D eigenvalue weighted by molar-refractivity contribution is 7.15. The predicted molar refractivity (Wildman–Crippen MR) is 135 cm³/mol. The summed E-state index contributed by atoms with van der Waals surface area (Å²) in [5, 5.41) is 4.41. The van der Waals surface area contributed by atoms with Crippen LogP contribution >= 0.6 is 11.3 Å². The second-order valence-corrected chi connectivity index (χ2v) is 8.99. The molecule has 0 unspecified atom stereocenters. The van der Waals surface area contributed by atoms with E-state index >= 15 is 0 Å². The van der Waals surface area contributed by atoms with Crippen LogP contribution in [-0.2, 0) is 4.79 Å². The number of thiazole rings is 1. The fourth-order valence-corrected chi connectivity index (χ4v) is 4.45. The molecule has 35 heavy (non-hydrogen) atoms. The molecule has 182 valence electrons. The van der Waals surface area contributed by atoms with Gasteiger partial charge in [0.2, 0.25) is 4.96 Å². The van der Waals surface area contributed by atoms with E-state index < -0.39 is 5.97 Å². The molecule has 0 radical (unpaired) electrons. The Morgan fingerprint density at radius 1 is 1.09 bits per heavy atom. The fraction of sp³-hybridized carbons (Fsp3) is 0.308. The lowest BCUT2D eigenvalue weighted by molar-refractivity contribution is -0.132. The summed E-state index contributed by atoms with van der Waals surface area (Å²) < 4.78 is 18.0. The Morgan fingerprint density at radius 3 is 2.57 bits per heavy atom. The molecule has 0 atom stereocenters. The summed E-state index contributed by atoms with van der Waals surface area (Å²) in [6.45, 7) is 4.21. The Bertz CT molecular complexity index is 1430. The lowest BCUT2D eigenvalue weighted by Crippen LogP contribution is -2.23. The summed E-state index contributed by atoms with van der Waals surface area (Å²) in [5.41, 5.74) is 1.29. The van der Waals surface area contributed by atoms with Gasteiger partial charge in [-0.25, -0.2) is 0 Å². The number of carbonyl (C=O) groups excluding carboxylic acids is 1. The Morgan fingerprint density at radius 2 is 1.89 bits per heavy atom. The Labute approximate surface area is 206 Å². The smallest absolute Gasteiger partial charge is 0.308 e. The number of nitrogens with zero attached hydrogens (tertiary/aromatic N) is 3. The van der Waals surface area contributed by atoms with Gasteiger partial charge in [-0.05, 0) is 54.5 Å². The van der Waals surface area contributed by atoms with E-state index in [0.717, 1.165) is 23.3 Å². The van der Waals surface area contributed by atoms with Gasteiger partial charge in [0.1, 0.15) is 5.75 Å². The largest absolute Gasteiger partial charge is 0.494 e. The van der Waals surface area contributed by atoms with E-state index in [1.165, 1.54) is 49.1 Å². The molecular weight excluding hydrogens is 466 g/mol. The van der Waals surface area contributed by atoms with Gasteiger partial charge < -0.3 is 14.2 Å². The zero-order valence-corrected chi connectivity index (χ0v) is 20.8. The molecule has 0 bridgehead atoms. The topological polar surface area (TPSA) is 92.0 Å². The van der Waals surface area contributed by atoms with E-state index in [4.69, 9.17) is 14.2 Å². The zero-order valence-electron chi connectivity index (χ0n) is 19.9. The molecular formula is C26H27N3O5S. The second-order valence-electron chi connectivity index (χ2n) is 7.98. The van der Waals surface area contributed by atoms with Crippen LogP contribution in [0.1, 0.15) is 45.1 Å². The van der Waals surface area contributed by atoms with Crippen molar-refractivity contribution in [1.29, 1.82) is 0 Å². The van der Waals surface area contributed by atoms with Crippen molar-refractivity contribution in [3.63, 3.8) is 0 Å². The van der Waals surface area contributed by atoms with Gasteiger partial charge in [0, 0.05) is 12.5 Å². The van der Waals surface area contributed by atoms with E-state index in [1.54, 1.807) is 24.3 Å². The number of fused-ring (bicyclic) bond motifs is 1. The van der Waals surface area contributed by atoms with Crippen LogP contribution in [0.25, 0.3) is 22.4 Å². The maximum atomic E-state index is 12.9. The van der Waals surface area contributed by atoms with E-state index in [9.17, 15) is 9.59 Å². The Hall–Kier alpha value is -3.72. The number of unbranched alkanes of at least 4 members (excludes halogenated alkanes) is 3. The molecule has 4 rings (SSSR count). The highest BCUT2D eigenvalue weighted by atomic mass is 32.1. The van der Waals surface area contributed by atoms with Gasteiger partial charge in [0.15, 0.2) is 17.3 Å². The minimum Gasteiger partial charge on any atom is -0.494 e. The van der Waals surface area contributed by atoms with Crippen molar-refractivity contribution >= 4 is 28.3 Å². The molecule has 2 aromatic carbocycles. The predicted octanol–water partition coefficient (Wildman–Crippen LogP) is 4.26. The molecule has 2 heterocycles. The number of benzene rings is 2. The van der Waals surface area contributed by atoms with Crippen LogP contribution < -0.4 is 24.3 Å². The summed E-state index contributed by atoms with van der Waals surface area (Å²) in [6.07, 6.45) is 6.38. The molecule has 0 aliphatic heterocycles. The number of methoxy groups -OCH3 is 1. The first-order valence-corrected chi connectivity index (χ1v) is 12.3. The maximum absolute atomic E-state index is 12.9. The minimum absolute atomic E-state index is 0.251. The van der Waals surface area contributed by atoms with E-state index in [2.05, 4.69) is 17.0 Å². The zero-order chi connectivity index (χ0) is 24.8. The third kappa shape index (κ3) is 5.86. The third-order valence-electron chi connectivity index (χ3n) is 5.30. The Kier molecular flexibility index (Phi) is 7.77. The van der Waals surface area contributed by atoms with Gasteiger partial charge in [-0.3, -0.25) is 9.59 Å². The highest BCUT2D eigenvalue weighted by Crippen LogP contribution is 2.28. The van der Waals surface area contributed by atoms with Crippen LogP contribution in [0.5, 0.6) is 17.2 Å². The molecule has 4 aromatic rings. The quantitative estimate of drug-likeness (QED) is 0.185. The third-order valence-corrected chi connectivity index (χ3v) is 6.26. The van der Waals surface area contributed by atoms with Gasteiger partial charge in [-0.2, -0.15) is 9.50 Å². The average molecular weight is 494 g/mol. The van der Waals surface area contributed by atoms with Gasteiger partial charge in [0.05, 0.1) is 18.2 Å². The average Bonchev–Trinajstić information content (AvgIpc) is 3.39. The molecule has 0 saturated carbocycles. The normalized spacial score (nSPS) is 11.7. The summed E-state index contributed by atoms with van der Waals surface area (Å²) in [7, 11) is 1.49. The van der Waals surface area contributed by atoms with Crippen LogP contribution in [-0.4, -0.2) is 34.3 Å². The number of aromatic nitrogens is 3. The fourth-order valence-electron chi connectivity index (χ4n) is 3.54. The molecule has 0 saturated heterocycles. The van der Waals surface area contributed by atoms with E-state index in [-0.39, 0.29) is 5.56 Å². The lowest BCUT2D eigenvalue weighted by atomic mass is 10.2. The molecule has 0 aliphatic rings. The standard InChI is InChI=1S/C26H27N3O5S/c1-4-5-6-7-14-33-20-11-9-19(10-12-20)24-27-26-29(28-24)25(31)23(35-26)16-18-8-13-21(34-17(2)30)22(15-18)32-3/h8-13,15-16H,4-7,14H2,1-3H3/b23-16-. The summed E-state index contributed by atoms with van der Waals surface area (Å²) in [5.74, 6) is 1.58. The molecule has 0 amide bonds. The minimum atomic E-state index is -0.437. The van der Waals surface area contributed by atoms with Crippen molar-refractivity contribution in [2.45, 2.75) is 39.5 Å². The van der Waals surface area contributed by atoms with Crippen LogP contribution in [0.3, 0.4) is 0 Å². The maximum Gasteiger partial charge on any atom is 0.308 e. The van der Waals surface area contributed by atoms with Crippen LogP contribution in [0.4, 0.5) is 0 Å². The molecule has 8 nitrogen and oxygen atoms in total. The molecule has 2 aromatic heterocycles. The molecule has 9 heteroatoms. The van der Waals surface area contributed by atoms with Gasteiger partial charge in [-0.1, -0.05) is 43.6 Å². The first-order chi connectivity index (χ1) is 17.0. The number of rotatable bonds is 10. The van der Waals surface area contributed by atoms with Gasteiger partial charge >= 0.3 is 5.97 Å². The van der Waals surface area contributed by atoms with Crippen LogP contribution in [0, 0.1) is 0 Å². The second kappa shape index (κ2) is 11.1. The number of esters is 1. The van der Waals surface area contributed by atoms with E-state index in [1.807, 2.05) is 24.3 Å². The van der Waals surface area contributed by atoms with Crippen molar-refractivity contribution in [2.24, 2.45) is 0 Å². The first-order valence-electron chi connectivity index (χ1n) is 11.5. The van der Waals surface area contributed by atoms with Crippen molar-refractivity contribution < 1.29 is 19.0 Å². The van der Waals surface area contributed by atoms with Gasteiger partial charge in [-0.15, -0.1) is 5.10 Å². The highest BCUT2D eigenvalue weighted by Gasteiger charge is 2.13. The number of hydrogen-bond acceptors (Lipinski definition) is 8. The van der Waals surface area contributed by atoms with Crippen LogP contribution in [0.2, 0.25) is 0 Å². The summed E-state index contributed by atoms with van der Waals surface area (Å²) in [4.78, 5) is 29.2. The summed E-state index contributed by atoms with van der Waals surface area (Å²) in [6, 6.07) is 12.7. The number of hydrogen-bond donors (Lipinski definition) is 0. The first kappa shape index (κ1) is 24.4. The molecule has 0 spiro atoms. The monoisotopic (exact) mass is 493 g/mol. The lowest BCUT2D eigenvalue weighted by Gasteiger charge is -2.08. The molecule has 0 N–H and O–H groups in total. The summed E-state index contributed by atoms with van der Waals surface area (Å²) >= 11 is 1.25. The van der Waals surface area contributed by atoms with Crippen molar-refractivity contribution in [3.05, 3.63) is 62.9 Å². The number of ether oxygens (including phenoxy) is 3. The number of carbonyl (C=O) groups is 1. The van der Waals surface area contributed by atoms with Gasteiger partial charge in [0.25, 0.3) is 5.56 Å². The molecule has 0 aliphatic carbocycles. The Balaban J connectivity index is 1.52. The van der Waals surface area contributed by atoms with Crippen LogP contribution in [0.15, 0.2) is 47.3 Å². The van der Waals surface area contributed by atoms with Crippen molar-refractivity contribution in [1.82, 2.24) is 14.6 Å². The SMILES string of the molecule is CCCCCCOc1ccc(-c2nc3s/c(=C\c4ccc(OC(C)=O)c(OC)c4)c(=O)n3n2)cc1. The van der Waals surface area contributed by atoms with Crippen molar-refractivity contribution in [2.75, 3.05) is 13.7 Å². The van der Waals surface area contributed by atoms with Crippen molar-refractivity contribution in [3.8, 4) is 28.6 Å². The van der Waals surface area contributed by atoms with E-state index in [0.29, 0.717) is 33.4 Å². The molecule has 0 fully saturated rings.